The number of nitrogens with zero attached hydrogens (tertiary/aromatic N) is 3. The number of carbonyl (C=O) groups is 2. The number of nitrogens with one attached hydrogen (secondary N) is 1. The molecule has 0 aliphatic heterocycles. The normalized spacial score (nSPS) is 10.7. The Bertz CT molecular complexity index is 1310. The molecule has 0 atom stereocenters. The van der Waals surface area contributed by atoms with Crippen LogP contribution in [0.3, 0.4) is 0 Å². The average molecular weight is 437 g/mol. The minimum absolute atomic E-state index is 0.0164. The number of rotatable bonds is 6. The van der Waals surface area contributed by atoms with Gasteiger partial charge in [-0.3, -0.25) is 4.79 Å². The summed E-state index contributed by atoms with van der Waals surface area (Å²) in [6.07, 6.45) is 2.94. The van der Waals surface area contributed by atoms with Crippen LogP contribution in [0.15, 0.2) is 60.9 Å². The standard InChI is InChI=1S/C21H13ClN4O3S/c1-11(21(28)29)12-2-4-15-17(8-12)24-10-25-19(15)26-13-3-5-14(16(22)9-13)18(27)20-23-6-7-30-20/h2-10H,1H2,(H,28,29)(H,24,25,26). The number of thiazole rings is 1. The summed E-state index contributed by atoms with van der Waals surface area (Å²) in [6.45, 7) is 3.57. The van der Waals surface area contributed by atoms with Crippen LogP contribution in [0.5, 0.6) is 0 Å². The van der Waals surface area contributed by atoms with Crippen molar-refractivity contribution in [2.45, 2.75) is 0 Å². The predicted molar refractivity (Wildman–Crippen MR) is 116 cm³/mol. The number of carbonyl (C=O) groups excluding carboxylic acids is 1. The summed E-state index contributed by atoms with van der Waals surface area (Å²) in [5.74, 6) is -0.813. The third-order valence-corrected chi connectivity index (χ3v) is 5.43. The highest BCUT2D eigenvalue weighted by Crippen LogP contribution is 2.29. The van der Waals surface area contributed by atoms with Gasteiger partial charge >= 0.3 is 5.97 Å². The quantitative estimate of drug-likeness (QED) is 0.330. The Morgan fingerprint density at radius 2 is 1.93 bits per heavy atom. The van der Waals surface area contributed by atoms with Crippen LogP contribution < -0.4 is 5.32 Å². The topological polar surface area (TPSA) is 105 Å². The summed E-state index contributed by atoms with van der Waals surface area (Å²) in [7, 11) is 0. The summed E-state index contributed by atoms with van der Waals surface area (Å²) >= 11 is 7.58. The number of anilines is 2. The van der Waals surface area contributed by atoms with Crippen molar-refractivity contribution >= 4 is 62.7 Å². The van der Waals surface area contributed by atoms with Crippen LogP contribution in [0, 0.1) is 0 Å². The Hall–Kier alpha value is -3.62. The first-order chi connectivity index (χ1) is 14.4. The minimum atomic E-state index is -1.09. The van der Waals surface area contributed by atoms with Gasteiger partial charge in [-0.15, -0.1) is 11.3 Å². The Morgan fingerprint density at radius 3 is 2.63 bits per heavy atom. The number of halogens is 1. The van der Waals surface area contributed by atoms with Gasteiger partial charge in [0.1, 0.15) is 12.1 Å². The first-order valence-electron chi connectivity index (χ1n) is 8.62. The highest BCUT2D eigenvalue weighted by molar-refractivity contribution is 7.11. The van der Waals surface area contributed by atoms with Crippen molar-refractivity contribution in [2.75, 3.05) is 5.32 Å². The number of hydrogen-bond acceptors (Lipinski definition) is 7. The van der Waals surface area contributed by atoms with Crippen LogP contribution in [-0.2, 0) is 4.79 Å². The van der Waals surface area contributed by atoms with Gasteiger partial charge in [-0.1, -0.05) is 24.2 Å². The molecule has 7 nitrogen and oxygen atoms in total. The molecule has 0 saturated heterocycles. The van der Waals surface area contributed by atoms with Crippen molar-refractivity contribution in [3.05, 3.63) is 82.0 Å². The van der Waals surface area contributed by atoms with Crippen LogP contribution in [0.2, 0.25) is 5.02 Å². The molecule has 0 aliphatic rings. The smallest absolute Gasteiger partial charge is 0.335 e. The van der Waals surface area contributed by atoms with Crippen LogP contribution in [-0.4, -0.2) is 31.8 Å². The van der Waals surface area contributed by atoms with Gasteiger partial charge < -0.3 is 10.4 Å². The van der Waals surface area contributed by atoms with Gasteiger partial charge in [0.2, 0.25) is 5.78 Å². The summed E-state index contributed by atoms with van der Waals surface area (Å²) < 4.78 is 0. The van der Waals surface area contributed by atoms with Crippen molar-refractivity contribution in [1.29, 1.82) is 0 Å². The fraction of sp³-hybridized carbons (Fsp3) is 0. The van der Waals surface area contributed by atoms with E-state index in [-0.39, 0.29) is 11.4 Å². The van der Waals surface area contributed by atoms with Crippen molar-refractivity contribution in [3.8, 4) is 0 Å². The molecule has 9 heteroatoms. The molecule has 0 aliphatic carbocycles. The lowest BCUT2D eigenvalue weighted by molar-refractivity contribution is -0.130. The van der Waals surface area contributed by atoms with Gasteiger partial charge in [-0.25, -0.2) is 19.7 Å². The summed E-state index contributed by atoms with van der Waals surface area (Å²) in [4.78, 5) is 36.1. The zero-order valence-corrected chi connectivity index (χ0v) is 16.9. The van der Waals surface area contributed by atoms with E-state index >= 15 is 0 Å². The fourth-order valence-electron chi connectivity index (χ4n) is 2.83. The zero-order chi connectivity index (χ0) is 21.3. The average Bonchev–Trinajstić information content (AvgIpc) is 3.27. The van der Waals surface area contributed by atoms with Crippen molar-refractivity contribution in [3.63, 3.8) is 0 Å². The van der Waals surface area contributed by atoms with Gasteiger partial charge in [0.05, 0.1) is 16.1 Å². The molecule has 0 radical (unpaired) electrons. The van der Waals surface area contributed by atoms with Crippen LogP contribution in [0.1, 0.15) is 20.9 Å². The molecule has 0 amide bonds. The first-order valence-corrected chi connectivity index (χ1v) is 9.88. The Balaban J connectivity index is 1.64. The van der Waals surface area contributed by atoms with Crippen molar-refractivity contribution in [1.82, 2.24) is 15.0 Å². The second-order valence-electron chi connectivity index (χ2n) is 6.22. The molecular weight excluding hydrogens is 424 g/mol. The number of benzene rings is 2. The van der Waals surface area contributed by atoms with E-state index < -0.39 is 5.97 Å². The van der Waals surface area contributed by atoms with E-state index in [1.54, 1.807) is 48.0 Å². The molecule has 4 rings (SSSR count). The molecule has 2 heterocycles. The number of hydrogen-bond donors (Lipinski definition) is 2. The highest BCUT2D eigenvalue weighted by atomic mass is 35.5. The second-order valence-corrected chi connectivity index (χ2v) is 7.53. The number of carboxylic acids is 1. The molecule has 2 N–H and O–H groups in total. The molecule has 2 aromatic heterocycles. The monoisotopic (exact) mass is 436 g/mol. The third-order valence-electron chi connectivity index (χ3n) is 4.35. The van der Waals surface area contributed by atoms with Gasteiger partial charge in [0.25, 0.3) is 0 Å². The van der Waals surface area contributed by atoms with E-state index in [4.69, 9.17) is 16.7 Å². The first kappa shape index (κ1) is 19.7. The molecule has 0 fully saturated rings. The highest BCUT2D eigenvalue weighted by Gasteiger charge is 2.16. The van der Waals surface area contributed by atoms with E-state index in [1.165, 1.54) is 17.7 Å². The summed E-state index contributed by atoms with van der Waals surface area (Å²) in [5, 5.41) is 15.4. The molecule has 0 unspecified atom stereocenters. The molecule has 0 bridgehead atoms. The number of aliphatic carboxylic acids is 1. The van der Waals surface area contributed by atoms with Crippen molar-refractivity contribution < 1.29 is 14.7 Å². The maximum atomic E-state index is 12.5. The summed E-state index contributed by atoms with van der Waals surface area (Å²) in [5.41, 5.74) is 2.01. The van der Waals surface area contributed by atoms with E-state index in [2.05, 4.69) is 26.8 Å². The molecule has 30 heavy (non-hydrogen) atoms. The lowest BCUT2D eigenvalue weighted by Crippen LogP contribution is -2.03. The van der Waals surface area contributed by atoms with E-state index in [9.17, 15) is 9.59 Å². The largest absolute Gasteiger partial charge is 0.478 e. The summed E-state index contributed by atoms with van der Waals surface area (Å²) in [6, 6.07) is 10.0. The molecular formula is C21H13ClN4O3S. The second kappa shape index (κ2) is 8.02. The minimum Gasteiger partial charge on any atom is -0.478 e. The van der Waals surface area contributed by atoms with E-state index in [1.807, 2.05) is 0 Å². The van der Waals surface area contributed by atoms with Crippen LogP contribution >= 0.6 is 22.9 Å². The molecule has 0 saturated carbocycles. The van der Waals surface area contributed by atoms with Gasteiger partial charge in [-0.2, -0.15) is 0 Å². The maximum absolute atomic E-state index is 12.5. The number of ketones is 1. The predicted octanol–water partition coefficient (Wildman–Crippen LogP) is 4.81. The molecule has 2 aromatic carbocycles. The van der Waals surface area contributed by atoms with Crippen LogP contribution in [0.4, 0.5) is 11.5 Å². The molecule has 0 spiro atoms. The van der Waals surface area contributed by atoms with Crippen LogP contribution in [0.25, 0.3) is 16.5 Å². The van der Waals surface area contributed by atoms with Gasteiger partial charge in [-0.05, 0) is 35.9 Å². The van der Waals surface area contributed by atoms with E-state index in [0.29, 0.717) is 43.6 Å². The lowest BCUT2D eigenvalue weighted by atomic mass is 10.1. The molecule has 4 aromatic rings. The number of carboxylic acid groups (broad SMARTS) is 1. The third kappa shape index (κ3) is 3.78. The zero-order valence-electron chi connectivity index (χ0n) is 15.3. The Kier molecular flexibility index (Phi) is 5.26. The van der Waals surface area contributed by atoms with Gasteiger partial charge in [0.15, 0.2) is 5.01 Å². The van der Waals surface area contributed by atoms with Crippen molar-refractivity contribution in [2.24, 2.45) is 0 Å². The molecule has 148 valence electrons. The Morgan fingerprint density at radius 1 is 1.10 bits per heavy atom. The number of fused-ring (bicyclic) bond motifs is 1. The maximum Gasteiger partial charge on any atom is 0.335 e. The van der Waals surface area contributed by atoms with E-state index in [0.717, 1.165) is 0 Å². The Labute approximate surface area is 179 Å². The fourth-order valence-corrected chi connectivity index (χ4v) is 3.69. The SMILES string of the molecule is C=C(C(=O)O)c1ccc2c(Nc3ccc(C(=O)c4nccs4)c(Cl)c3)ncnc2c1. The lowest BCUT2D eigenvalue weighted by Gasteiger charge is -2.11. The van der Waals surface area contributed by atoms with Gasteiger partial charge in [0, 0.05) is 28.2 Å². The number of aromatic nitrogens is 3.